The van der Waals surface area contributed by atoms with Crippen LogP contribution >= 0.6 is 11.6 Å². The molecular weight excluding hydrogens is 585 g/mol. The van der Waals surface area contributed by atoms with Crippen molar-refractivity contribution in [2.24, 2.45) is 5.41 Å². The van der Waals surface area contributed by atoms with Crippen molar-refractivity contribution >= 4 is 27.3 Å². The van der Waals surface area contributed by atoms with E-state index in [1.54, 1.807) is 6.92 Å². The molecule has 0 spiro atoms. The Balaban J connectivity index is 1.86. The predicted molar refractivity (Wildman–Crippen MR) is 138 cm³/mol. The molecule has 1 N–H and O–H groups in total. The van der Waals surface area contributed by atoms with Crippen LogP contribution in [0.15, 0.2) is 18.2 Å². The number of carbonyl (C=O) groups is 1. The molecule has 1 aromatic carbocycles. The second-order valence-electron chi connectivity index (χ2n) is 10.3. The zero-order valence-corrected chi connectivity index (χ0v) is 23.9. The van der Waals surface area contributed by atoms with Crippen molar-refractivity contribution in [3.8, 4) is 17.0 Å². The average molecular weight is 616 g/mol. The monoisotopic (exact) mass is 615 g/mol. The average Bonchev–Trinajstić information content (AvgIpc) is 3.17. The third-order valence-corrected chi connectivity index (χ3v) is 8.70. The molecule has 40 heavy (non-hydrogen) atoms. The molecule has 2 heterocycles. The zero-order chi connectivity index (χ0) is 30.0. The molecule has 15 heteroatoms. The summed E-state index contributed by atoms with van der Waals surface area (Å²) in [4.78, 5) is 12.9. The van der Waals surface area contributed by atoms with Crippen LogP contribution in [0.5, 0.6) is 5.75 Å². The van der Waals surface area contributed by atoms with Gasteiger partial charge in [-0.25, -0.2) is 8.42 Å². The fourth-order valence-electron chi connectivity index (χ4n) is 4.32. The van der Waals surface area contributed by atoms with Gasteiger partial charge in [0.1, 0.15) is 5.75 Å². The van der Waals surface area contributed by atoms with Crippen molar-refractivity contribution in [2.45, 2.75) is 70.7 Å². The van der Waals surface area contributed by atoms with Crippen LogP contribution in [0.1, 0.15) is 49.7 Å². The number of alkyl halides is 5. The first-order valence-corrected chi connectivity index (χ1v) is 14.8. The largest absolute Gasteiger partial charge is 0.434 e. The lowest BCUT2D eigenvalue weighted by molar-refractivity contribution is -0.211. The smallest absolute Gasteiger partial charge is 0.394 e. The van der Waals surface area contributed by atoms with Crippen LogP contribution in [0.25, 0.3) is 11.3 Å². The number of nitrogens with zero attached hydrogens (tertiary/aromatic N) is 2. The molecule has 1 fully saturated rings. The van der Waals surface area contributed by atoms with Crippen LogP contribution in [0.4, 0.5) is 22.0 Å². The summed E-state index contributed by atoms with van der Waals surface area (Å²) in [6.45, 7) is 0.660. The van der Waals surface area contributed by atoms with Crippen molar-refractivity contribution in [1.29, 1.82) is 0 Å². The van der Waals surface area contributed by atoms with Gasteiger partial charge in [-0.1, -0.05) is 31.5 Å². The van der Waals surface area contributed by atoms with E-state index >= 15 is 0 Å². The Labute approximate surface area is 234 Å². The second kappa shape index (κ2) is 12.2. The van der Waals surface area contributed by atoms with Crippen molar-refractivity contribution in [3.05, 3.63) is 34.5 Å². The number of sulfone groups is 1. The lowest BCUT2D eigenvalue weighted by atomic mass is 9.84. The van der Waals surface area contributed by atoms with Crippen molar-refractivity contribution in [2.75, 3.05) is 19.4 Å². The molecule has 0 saturated carbocycles. The summed E-state index contributed by atoms with van der Waals surface area (Å²) in [5.74, 6) is -1.09. The number of benzene rings is 1. The van der Waals surface area contributed by atoms with Crippen LogP contribution in [0.2, 0.25) is 5.02 Å². The van der Waals surface area contributed by atoms with E-state index < -0.39 is 57.5 Å². The number of amides is 1. The molecule has 3 rings (SSSR count). The fourth-order valence-corrected chi connectivity index (χ4v) is 5.53. The number of hydrogen-bond acceptors (Lipinski definition) is 6. The number of ether oxygens (including phenoxy) is 2. The Morgan fingerprint density at radius 1 is 1.27 bits per heavy atom. The first-order chi connectivity index (χ1) is 18.4. The van der Waals surface area contributed by atoms with Crippen molar-refractivity contribution in [3.63, 3.8) is 0 Å². The summed E-state index contributed by atoms with van der Waals surface area (Å²) in [5.41, 5.74) is -2.11. The summed E-state index contributed by atoms with van der Waals surface area (Å²) in [6, 6.07) is 3.76. The quantitative estimate of drug-likeness (QED) is 0.365. The number of aromatic nitrogens is 2. The molecule has 224 valence electrons. The van der Waals surface area contributed by atoms with E-state index in [-0.39, 0.29) is 47.2 Å². The molecule has 1 saturated heterocycles. The minimum atomic E-state index is -4.53. The third-order valence-electron chi connectivity index (χ3n) is 6.76. The highest BCUT2D eigenvalue weighted by Gasteiger charge is 2.47. The minimum Gasteiger partial charge on any atom is -0.434 e. The molecule has 0 bridgehead atoms. The zero-order valence-electron chi connectivity index (χ0n) is 22.3. The fraction of sp³-hybridized carbons (Fsp3) is 0.600. The Hall–Kier alpha value is -2.45. The topological polar surface area (TPSA) is 99.5 Å². The number of hydrogen-bond donors (Lipinski definition) is 1. The Kier molecular flexibility index (Phi) is 9.78. The maximum Gasteiger partial charge on any atom is 0.394 e. The molecule has 1 aromatic heterocycles. The summed E-state index contributed by atoms with van der Waals surface area (Å²) in [6.07, 6.45) is -3.50. The first kappa shape index (κ1) is 32.1. The maximum absolute atomic E-state index is 13.4. The highest BCUT2D eigenvalue weighted by molar-refractivity contribution is 7.91. The third kappa shape index (κ3) is 7.43. The molecule has 1 amide bonds. The van der Waals surface area contributed by atoms with E-state index in [0.717, 1.165) is 26.2 Å². The molecule has 2 atom stereocenters. The van der Waals surface area contributed by atoms with Crippen molar-refractivity contribution < 1.29 is 44.6 Å². The van der Waals surface area contributed by atoms with Gasteiger partial charge in [-0.15, -0.1) is 0 Å². The van der Waals surface area contributed by atoms with Gasteiger partial charge in [-0.3, -0.25) is 9.48 Å². The van der Waals surface area contributed by atoms with E-state index in [1.165, 1.54) is 16.8 Å². The standard InChI is InChI=1S/C25H31ClF5N3O5S/c1-5-34-21(17-9-6-14(10-18(17)39-23(27)28)11-24(2,3)25(29,30)31)19(26)20(33-34)22(35)32-12-15-7-8-16(13-38-15)40(4,36)37/h6,9-10,15-16,23H,5,7-8,11-13H2,1-4H3,(H,32,35)/t15-,16?/m0/s1. The van der Waals surface area contributed by atoms with Crippen LogP contribution in [-0.2, 0) is 27.5 Å². The highest BCUT2D eigenvalue weighted by atomic mass is 35.5. The Morgan fingerprint density at radius 3 is 2.48 bits per heavy atom. The van der Waals surface area contributed by atoms with Gasteiger partial charge in [0.2, 0.25) is 0 Å². The Bertz CT molecular complexity index is 1320. The van der Waals surface area contributed by atoms with Gasteiger partial charge < -0.3 is 14.8 Å². The number of rotatable bonds is 10. The number of aryl methyl sites for hydroxylation is 1. The van der Waals surface area contributed by atoms with Crippen molar-refractivity contribution in [1.82, 2.24) is 15.1 Å². The summed E-state index contributed by atoms with van der Waals surface area (Å²) in [5, 5.41) is 6.08. The highest BCUT2D eigenvalue weighted by Crippen LogP contribution is 2.43. The minimum absolute atomic E-state index is 0.0117. The van der Waals surface area contributed by atoms with Crippen LogP contribution < -0.4 is 10.1 Å². The van der Waals surface area contributed by atoms with Crippen LogP contribution in [0.3, 0.4) is 0 Å². The summed E-state index contributed by atoms with van der Waals surface area (Å²) in [7, 11) is -3.24. The van der Waals surface area contributed by atoms with Crippen LogP contribution in [0, 0.1) is 5.41 Å². The lowest BCUT2D eigenvalue weighted by Gasteiger charge is -2.28. The molecule has 1 unspecified atom stereocenters. The lowest BCUT2D eigenvalue weighted by Crippen LogP contribution is -2.41. The van der Waals surface area contributed by atoms with Gasteiger partial charge in [-0.2, -0.15) is 27.1 Å². The van der Waals surface area contributed by atoms with E-state index in [4.69, 9.17) is 16.3 Å². The molecule has 1 aliphatic heterocycles. The maximum atomic E-state index is 13.4. The molecule has 0 radical (unpaired) electrons. The van der Waals surface area contributed by atoms with Gasteiger partial charge in [0, 0.05) is 24.9 Å². The number of nitrogens with one attached hydrogen (secondary N) is 1. The summed E-state index contributed by atoms with van der Waals surface area (Å²) < 4.78 is 102. The van der Waals surface area contributed by atoms with E-state index in [9.17, 15) is 35.2 Å². The normalized spacial score (nSPS) is 18.7. The number of carbonyl (C=O) groups excluding carboxylic acids is 1. The molecule has 2 aromatic rings. The van der Waals surface area contributed by atoms with Gasteiger partial charge in [-0.05, 0) is 43.9 Å². The SMILES string of the molecule is CCn1nc(C(=O)NC[C@@H]2CCC(S(C)(=O)=O)CO2)c(Cl)c1-c1ccc(CC(C)(C)C(F)(F)F)cc1OC(F)F. The van der Waals surface area contributed by atoms with Crippen LogP contribution in [-0.4, -0.2) is 67.7 Å². The van der Waals surface area contributed by atoms with E-state index in [0.29, 0.717) is 12.8 Å². The molecular formula is C25H31ClF5N3O5S. The predicted octanol–water partition coefficient (Wildman–Crippen LogP) is 5.28. The van der Waals surface area contributed by atoms with Gasteiger partial charge in [0.05, 0.1) is 34.1 Å². The molecule has 1 aliphatic rings. The number of halogens is 6. The molecule has 8 nitrogen and oxygen atoms in total. The van der Waals surface area contributed by atoms with Gasteiger partial charge in [0.25, 0.3) is 5.91 Å². The van der Waals surface area contributed by atoms with E-state index in [2.05, 4.69) is 15.2 Å². The molecule has 0 aliphatic carbocycles. The van der Waals surface area contributed by atoms with Gasteiger partial charge >= 0.3 is 12.8 Å². The van der Waals surface area contributed by atoms with Gasteiger partial charge in [0.15, 0.2) is 15.5 Å². The van der Waals surface area contributed by atoms with E-state index in [1.807, 2.05) is 0 Å². The summed E-state index contributed by atoms with van der Waals surface area (Å²) >= 11 is 6.51. The first-order valence-electron chi connectivity index (χ1n) is 12.4. The Morgan fingerprint density at radius 2 is 1.95 bits per heavy atom. The second-order valence-corrected chi connectivity index (χ2v) is 13.0.